The molecule has 1 heterocycles. The molecule has 2 aliphatic rings. The van der Waals surface area contributed by atoms with Gasteiger partial charge in [-0.1, -0.05) is 0 Å². The first-order chi connectivity index (χ1) is 10.1. The molecule has 3 amide bonds. The molecule has 0 aromatic carbocycles. The van der Waals surface area contributed by atoms with Crippen molar-refractivity contribution < 1.29 is 9.59 Å². The summed E-state index contributed by atoms with van der Waals surface area (Å²) in [6.45, 7) is 7.17. The second-order valence-electron chi connectivity index (χ2n) is 6.22. The predicted molar refractivity (Wildman–Crippen MR) is 82.0 cm³/mol. The third-order valence-electron chi connectivity index (χ3n) is 4.31. The fourth-order valence-corrected chi connectivity index (χ4v) is 2.81. The molecule has 1 aliphatic carbocycles. The predicted octanol–water partition coefficient (Wildman–Crippen LogP) is 0.685. The third kappa shape index (κ3) is 5.28. The van der Waals surface area contributed by atoms with Gasteiger partial charge in [0.1, 0.15) is 0 Å². The van der Waals surface area contributed by atoms with Crippen LogP contribution in [0, 0.1) is 5.92 Å². The van der Waals surface area contributed by atoms with Gasteiger partial charge in [-0.05, 0) is 52.0 Å². The van der Waals surface area contributed by atoms with Crippen LogP contribution in [0.4, 0.5) is 4.79 Å². The first kappa shape index (κ1) is 16.2. The minimum atomic E-state index is -0.403. The van der Waals surface area contributed by atoms with Crippen LogP contribution in [0.2, 0.25) is 0 Å². The van der Waals surface area contributed by atoms with E-state index in [0.717, 1.165) is 25.6 Å². The number of hydrogen-bond acceptors (Lipinski definition) is 4. The van der Waals surface area contributed by atoms with Crippen molar-refractivity contribution in [1.29, 1.82) is 0 Å². The number of nitrogens with zero attached hydrogens (tertiary/aromatic N) is 1. The zero-order valence-corrected chi connectivity index (χ0v) is 13.2. The van der Waals surface area contributed by atoms with E-state index in [0.29, 0.717) is 12.6 Å². The second kappa shape index (κ2) is 7.75. The van der Waals surface area contributed by atoms with E-state index in [1.165, 1.54) is 25.7 Å². The Labute approximate surface area is 127 Å². The van der Waals surface area contributed by atoms with Gasteiger partial charge in [0.2, 0.25) is 5.91 Å². The number of urea groups is 1. The van der Waals surface area contributed by atoms with E-state index in [1.807, 2.05) is 13.8 Å². The molecule has 6 nitrogen and oxygen atoms in total. The van der Waals surface area contributed by atoms with E-state index < -0.39 is 6.03 Å². The number of rotatable bonds is 7. The Morgan fingerprint density at radius 2 is 2.05 bits per heavy atom. The van der Waals surface area contributed by atoms with E-state index in [-0.39, 0.29) is 11.9 Å². The summed E-state index contributed by atoms with van der Waals surface area (Å²) in [5, 5.41) is 8.51. The summed E-state index contributed by atoms with van der Waals surface area (Å²) in [4.78, 5) is 25.9. The molecule has 1 saturated heterocycles. The molecule has 0 spiro atoms. The fourth-order valence-electron chi connectivity index (χ4n) is 2.81. The zero-order chi connectivity index (χ0) is 15.2. The van der Waals surface area contributed by atoms with E-state index in [9.17, 15) is 9.59 Å². The molecule has 2 rings (SSSR count). The Bertz CT molecular complexity index is 365. The van der Waals surface area contributed by atoms with Gasteiger partial charge in [-0.3, -0.25) is 15.0 Å². The topological polar surface area (TPSA) is 73.5 Å². The summed E-state index contributed by atoms with van der Waals surface area (Å²) in [5.41, 5.74) is 0. The molecule has 1 aliphatic heterocycles. The van der Waals surface area contributed by atoms with Gasteiger partial charge in [-0.15, -0.1) is 0 Å². The highest BCUT2D eigenvalue weighted by molar-refractivity contribution is 5.96. The monoisotopic (exact) mass is 296 g/mol. The van der Waals surface area contributed by atoms with Gasteiger partial charge in [0, 0.05) is 25.7 Å². The highest BCUT2D eigenvalue weighted by Crippen LogP contribution is 2.30. The molecule has 3 N–H and O–H groups in total. The van der Waals surface area contributed by atoms with E-state index in [1.54, 1.807) is 0 Å². The number of carbonyl (C=O) groups excluding carboxylic acids is 2. The summed E-state index contributed by atoms with van der Waals surface area (Å²) in [6, 6.07) is -0.196. The van der Waals surface area contributed by atoms with Gasteiger partial charge in [0.05, 0.1) is 6.04 Å². The minimum Gasteiger partial charge on any atom is -0.338 e. The molecule has 120 valence electrons. The minimum absolute atomic E-state index is 0.209. The second-order valence-corrected chi connectivity index (χ2v) is 6.22. The normalized spacial score (nSPS) is 23.1. The SMILES string of the molecule is CCNC(=O)NC(=O)C(C)N(CC1CC1)CC1CCCN1. The number of nitrogens with one attached hydrogen (secondary N) is 3. The van der Waals surface area contributed by atoms with Crippen LogP contribution in [0.25, 0.3) is 0 Å². The smallest absolute Gasteiger partial charge is 0.321 e. The van der Waals surface area contributed by atoms with Gasteiger partial charge in [0.15, 0.2) is 0 Å². The molecule has 2 atom stereocenters. The van der Waals surface area contributed by atoms with Gasteiger partial charge < -0.3 is 10.6 Å². The molecule has 0 aromatic heterocycles. The first-order valence-corrected chi connectivity index (χ1v) is 8.16. The van der Waals surface area contributed by atoms with Crippen molar-refractivity contribution in [3.63, 3.8) is 0 Å². The zero-order valence-electron chi connectivity index (χ0n) is 13.2. The molecule has 1 saturated carbocycles. The molecule has 0 radical (unpaired) electrons. The Morgan fingerprint density at radius 1 is 1.29 bits per heavy atom. The van der Waals surface area contributed by atoms with Gasteiger partial charge in [-0.25, -0.2) is 4.79 Å². The van der Waals surface area contributed by atoms with Crippen molar-refractivity contribution in [1.82, 2.24) is 20.9 Å². The number of imide groups is 1. The highest BCUT2D eigenvalue weighted by atomic mass is 16.2. The summed E-state index contributed by atoms with van der Waals surface area (Å²) in [5.74, 6) is 0.519. The van der Waals surface area contributed by atoms with Crippen molar-refractivity contribution >= 4 is 11.9 Å². The average molecular weight is 296 g/mol. The molecule has 0 bridgehead atoms. The number of carbonyl (C=O) groups is 2. The molecule has 6 heteroatoms. The lowest BCUT2D eigenvalue weighted by atomic mass is 10.1. The maximum atomic E-state index is 12.2. The van der Waals surface area contributed by atoms with Crippen LogP contribution in [0.5, 0.6) is 0 Å². The lowest BCUT2D eigenvalue weighted by Crippen LogP contribution is -2.52. The summed E-state index contributed by atoms with van der Waals surface area (Å²) in [7, 11) is 0. The standard InChI is InChI=1S/C15H28N4O2/c1-3-16-15(21)18-14(20)11(2)19(9-12-6-7-12)10-13-5-4-8-17-13/h11-13,17H,3-10H2,1-2H3,(H2,16,18,20,21). The van der Waals surface area contributed by atoms with Crippen LogP contribution >= 0.6 is 0 Å². The van der Waals surface area contributed by atoms with E-state index in [4.69, 9.17) is 0 Å². The van der Waals surface area contributed by atoms with Crippen molar-refractivity contribution in [3.8, 4) is 0 Å². The van der Waals surface area contributed by atoms with Crippen molar-refractivity contribution in [2.45, 2.75) is 51.6 Å². The maximum Gasteiger partial charge on any atom is 0.321 e. The summed E-state index contributed by atoms with van der Waals surface area (Å²) >= 11 is 0. The van der Waals surface area contributed by atoms with Crippen LogP contribution < -0.4 is 16.0 Å². The molecular formula is C15H28N4O2. The van der Waals surface area contributed by atoms with Gasteiger partial charge >= 0.3 is 6.03 Å². The number of amides is 3. The van der Waals surface area contributed by atoms with Crippen LogP contribution in [0.3, 0.4) is 0 Å². The van der Waals surface area contributed by atoms with Crippen LogP contribution in [0.15, 0.2) is 0 Å². The highest BCUT2D eigenvalue weighted by Gasteiger charge is 2.31. The quantitative estimate of drug-likeness (QED) is 0.646. The van der Waals surface area contributed by atoms with Gasteiger partial charge in [0.25, 0.3) is 0 Å². The molecule has 0 aromatic rings. The molecular weight excluding hydrogens is 268 g/mol. The Morgan fingerprint density at radius 3 is 2.62 bits per heavy atom. The molecule has 2 fully saturated rings. The van der Waals surface area contributed by atoms with Crippen LogP contribution in [-0.4, -0.2) is 55.1 Å². The largest absolute Gasteiger partial charge is 0.338 e. The number of hydrogen-bond donors (Lipinski definition) is 3. The Hall–Kier alpha value is -1.14. The third-order valence-corrected chi connectivity index (χ3v) is 4.31. The van der Waals surface area contributed by atoms with E-state index in [2.05, 4.69) is 20.9 Å². The van der Waals surface area contributed by atoms with Crippen molar-refractivity contribution in [3.05, 3.63) is 0 Å². The van der Waals surface area contributed by atoms with Crippen molar-refractivity contribution in [2.24, 2.45) is 5.92 Å². The molecule has 2 unspecified atom stereocenters. The summed E-state index contributed by atoms with van der Waals surface area (Å²) in [6.07, 6.45) is 4.91. The lowest BCUT2D eigenvalue weighted by molar-refractivity contribution is -0.125. The first-order valence-electron chi connectivity index (χ1n) is 8.16. The Balaban J connectivity index is 1.87. The Kier molecular flexibility index (Phi) is 5.99. The van der Waals surface area contributed by atoms with E-state index >= 15 is 0 Å². The maximum absolute atomic E-state index is 12.2. The summed E-state index contributed by atoms with van der Waals surface area (Å²) < 4.78 is 0. The van der Waals surface area contributed by atoms with Crippen LogP contribution in [-0.2, 0) is 4.79 Å². The fraction of sp³-hybridized carbons (Fsp3) is 0.867. The van der Waals surface area contributed by atoms with Crippen molar-refractivity contribution in [2.75, 3.05) is 26.2 Å². The van der Waals surface area contributed by atoms with Crippen LogP contribution in [0.1, 0.15) is 39.5 Å². The average Bonchev–Trinajstić information content (AvgIpc) is 3.11. The lowest BCUT2D eigenvalue weighted by Gasteiger charge is -2.30. The molecule has 21 heavy (non-hydrogen) atoms. The van der Waals surface area contributed by atoms with Gasteiger partial charge in [-0.2, -0.15) is 0 Å².